The average Bonchev–Trinajstić information content (AvgIpc) is 3.22. The second-order valence-electron chi connectivity index (χ2n) is 6.90. The van der Waals surface area contributed by atoms with Crippen molar-refractivity contribution in [2.45, 2.75) is 26.3 Å². The van der Waals surface area contributed by atoms with Crippen LogP contribution in [-0.2, 0) is 6.54 Å². The maximum Gasteiger partial charge on any atom is 0.231 e. The molecule has 2 aliphatic rings. The first-order chi connectivity index (χ1) is 12.1. The molecule has 0 saturated carbocycles. The van der Waals surface area contributed by atoms with Gasteiger partial charge in [0.15, 0.2) is 5.76 Å². The van der Waals surface area contributed by atoms with Gasteiger partial charge in [0.2, 0.25) is 5.78 Å². The first-order valence-corrected chi connectivity index (χ1v) is 8.79. The van der Waals surface area contributed by atoms with Gasteiger partial charge in [-0.2, -0.15) is 0 Å². The van der Waals surface area contributed by atoms with Crippen LogP contribution in [0.5, 0.6) is 11.5 Å². The highest BCUT2D eigenvalue weighted by Gasteiger charge is 2.31. The van der Waals surface area contributed by atoms with Gasteiger partial charge in [-0.3, -0.25) is 4.79 Å². The van der Waals surface area contributed by atoms with Crippen molar-refractivity contribution in [3.8, 4) is 11.5 Å². The first kappa shape index (κ1) is 15.9. The molecule has 4 heteroatoms. The zero-order valence-corrected chi connectivity index (χ0v) is 14.3. The smallest absolute Gasteiger partial charge is 0.231 e. The van der Waals surface area contributed by atoms with Crippen LogP contribution in [-0.4, -0.2) is 18.9 Å². The Balaban J connectivity index is 1.67. The van der Waals surface area contributed by atoms with Crippen molar-refractivity contribution in [2.24, 2.45) is 0 Å². The molecule has 0 aromatic heterocycles. The average molecular weight is 335 g/mol. The number of likely N-dealkylation sites (tertiary alicyclic amines) is 1. The summed E-state index contributed by atoms with van der Waals surface area (Å²) < 4.78 is 5.87. The molecule has 0 spiro atoms. The van der Waals surface area contributed by atoms with E-state index in [0.717, 1.165) is 24.2 Å². The number of quaternary nitrogens is 1. The summed E-state index contributed by atoms with van der Waals surface area (Å²) in [7, 11) is 0. The Bertz CT molecular complexity index is 846. The predicted octanol–water partition coefficient (Wildman–Crippen LogP) is 1.86. The van der Waals surface area contributed by atoms with Gasteiger partial charge < -0.3 is 14.7 Å². The van der Waals surface area contributed by atoms with Crippen LogP contribution in [0.3, 0.4) is 0 Å². The van der Waals surface area contributed by atoms with Gasteiger partial charge >= 0.3 is 0 Å². The molecule has 0 unspecified atom stereocenters. The monoisotopic (exact) mass is 335 g/mol. The van der Waals surface area contributed by atoms with Crippen molar-refractivity contribution in [3.63, 3.8) is 0 Å². The predicted molar refractivity (Wildman–Crippen MR) is 93.6 cm³/mol. The molecule has 1 N–H and O–H groups in total. The minimum absolute atomic E-state index is 0.0393. The van der Waals surface area contributed by atoms with Gasteiger partial charge in [0, 0.05) is 18.4 Å². The number of carbonyl (C=O) groups excluding carboxylic acids is 1. The van der Waals surface area contributed by atoms with Crippen LogP contribution in [0, 0.1) is 6.92 Å². The molecular weight excluding hydrogens is 314 g/mol. The van der Waals surface area contributed by atoms with Crippen molar-refractivity contribution in [1.82, 2.24) is 0 Å². The van der Waals surface area contributed by atoms with E-state index in [1.807, 2.05) is 31.2 Å². The molecule has 1 fully saturated rings. The summed E-state index contributed by atoms with van der Waals surface area (Å²) in [5.41, 5.74) is 3.22. The summed E-state index contributed by atoms with van der Waals surface area (Å²) in [5.74, 6) is 0.577. The van der Waals surface area contributed by atoms with Crippen LogP contribution in [0.2, 0.25) is 0 Å². The van der Waals surface area contributed by atoms with E-state index >= 15 is 0 Å². The first-order valence-electron chi connectivity index (χ1n) is 8.79. The SMILES string of the molecule is Cc1ccc(/C=C2\Oc3c(ccc([O-])c3C[NH+]3CCCC3)C2=O)cc1. The van der Waals surface area contributed by atoms with Crippen LogP contribution in [0.1, 0.15) is 39.9 Å². The van der Waals surface area contributed by atoms with Crippen LogP contribution in [0.4, 0.5) is 0 Å². The largest absolute Gasteiger partial charge is 0.872 e. The number of ether oxygens (including phenoxy) is 1. The van der Waals surface area contributed by atoms with Gasteiger partial charge in [0.1, 0.15) is 12.3 Å². The third-order valence-electron chi connectivity index (χ3n) is 5.01. The lowest BCUT2D eigenvalue weighted by molar-refractivity contribution is -0.901. The zero-order valence-electron chi connectivity index (χ0n) is 14.3. The third kappa shape index (κ3) is 3.05. The van der Waals surface area contributed by atoms with E-state index in [9.17, 15) is 9.90 Å². The summed E-state index contributed by atoms with van der Waals surface area (Å²) in [6.07, 6.45) is 4.13. The number of allylic oxidation sites excluding steroid dienone is 1. The Labute approximate surface area is 147 Å². The fourth-order valence-electron chi connectivity index (χ4n) is 3.57. The van der Waals surface area contributed by atoms with Gasteiger partial charge in [0.25, 0.3) is 0 Å². The molecule has 0 bridgehead atoms. The standard InChI is InChI=1S/C21H21NO3/c1-14-4-6-15(7-5-14)12-19-20(24)16-8-9-18(23)17(21(16)25-19)13-22-10-2-3-11-22/h4-9,12,23H,2-3,10-11,13H2,1H3/b19-12-. The molecule has 2 aromatic rings. The van der Waals surface area contributed by atoms with Crippen LogP contribution >= 0.6 is 0 Å². The molecule has 25 heavy (non-hydrogen) atoms. The van der Waals surface area contributed by atoms with Crippen molar-refractivity contribution in [1.29, 1.82) is 0 Å². The molecule has 4 nitrogen and oxygen atoms in total. The molecule has 128 valence electrons. The van der Waals surface area contributed by atoms with E-state index in [0.29, 0.717) is 29.2 Å². The summed E-state index contributed by atoms with van der Waals surface area (Å²) in [5, 5.41) is 12.4. The topological polar surface area (TPSA) is 53.8 Å². The number of rotatable bonds is 3. The number of nitrogens with one attached hydrogen (secondary N) is 1. The number of benzene rings is 2. The highest BCUT2D eigenvalue weighted by Crippen LogP contribution is 2.38. The lowest BCUT2D eigenvalue weighted by atomic mass is 10.0. The molecular formula is C21H21NO3. The Kier molecular flexibility index (Phi) is 4.06. The second kappa shape index (κ2) is 6.37. The number of ketones is 1. The number of carbonyl (C=O) groups is 1. The number of Topliss-reactive ketones (excluding diaryl/α,β-unsaturated/α-hetero) is 1. The van der Waals surface area contributed by atoms with Gasteiger partial charge in [0.05, 0.1) is 18.7 Å². The Morgan fingerprint density at radius 3 is 2.56 bits per heavy atom. The lowest BCUT2D eigenvalue weighted by Crippen LogP contribution is -3.08. The molecule has 4 rings (SSSR count). The van der Waals surface area contributed by atoms with Crippen molar-refractivity contribution < 1.29 is 19.5 Å². The highest BCUT2D eigenvalue weighted by molar-refractivity contribution is 6.14. The zero-order chi connectivity index (χ0) is 17.4. The van der Waals surface area contributed by atoms with E-state index in [4.69, 9.17) is 4.74 Å². The van der Waals surface area contributed by atoms with Gasteiger partial charge in [-0.05, 0) is 24.6 Å². The molecule has 2 aliphatic heterocycles. The molecule has 2 aromatic carbocycles. The molecule has 0 atom stereocenters. The fourth-order valence-corrected chi connectivity index (χ4v) is 3.57. The fraction of sp³-hybridized carbons (Fsp3) is 0.286. The van der Waals surface area contributed by atoms with E-state index in [1.165, 1.54) is 23.8 Å². The van der Waals surface area contributed by atoms with Crippen molar-refractivity contribution >= 4 is 11.9 Å². The third-order valence-corrected chi connectivity index (χ3v) is 5.01. The van der Waals surface area contributed by atoms with E-state index in [1.54, 1.807) is 12.1 Å². The molecule has 0 radical (unpaired) electrons. The molecule has 2 heterocycles. The summed E-state index contributed by atoms with van der Waals surface area (Å²) >= 11 is 0. The normalized spacial score (nSPS) is 18.6. The number of hydrogen-bond donors (Lipinski definition) is 1. The van der Waals surface area contributed by atoms with Gasteiger partial charge in [-0.25, -0.2) is 0 Å². The van der Waals surface area contributed by atoms with Gasteiger partial charge in [-0.1, -0.05) is 41.6 Å². The molecule has 0 amide bonds. The summed E-state index contributed by atoms with van der Waals surface area (Å²) in [6.45, 7) is 4.80. The maximum atomic E-state index is 12.7. The second-order valence-corrected chi connectivity index (χ2v) is 6.90. The molecule has 0 aliphatic carbocycles. The summed E-state index contributed by atoms with van der Waals surface area (Å²) in [4.78, 5) is 14.1. The number of aryl methyl sites for hydroxylation is 1. The van der Waals surface area contributed by atoms with Gasteiger partial charge in [-0.15, -0.1) is 0 Å². The summed E-state index contributed by atoms with van der Waals surface area (Å²) in [6, 6.07) is 11.0. The quantitative estimate of drug-likeness (QED) is 0.871. The van der Waals surface area contributed by atoms with Crippen LogP contribution < -0.4 is 14.7 Å². The van der Waals surface area contributed by atoms with Crippen LogP contribution in [0.25, 0.3) is 6.08 Å². The minimum Gasteiger partial charge on any atom is -0.872 e. The van der Waals surface area contributed by atoms with E-state index in [-0.39, 0.29) is 11.5 Å². The Morgan fingerprint density at radius 1 is 1.12 bits per heavy atom. The highest BCUT2D eigenvalue weighted by atomic mass is 16.5. The van der Waals surface area contributed by atoms with E-state index < -0.39 is 0 Å². The Hall–Kier alpha value is -2.59. The molecule has 1 saturated heterocycles. The lowest BCUT2D eigenvalue weighted by Gasteiger charge is -2.19. The minimum atomic E-state index is -0.145. The Morgan fingerprint density at radius 2 is 1.84 bits per heavy atom. The number of fused-ring (bicyclic) bond motifs is 1. The maximum absolute atomic E-state index is 12.7. The number of hydrogen-bond acceptors (Lipinski definition) is 3. The van der Waals surface area contributed by atoms with E-state index in [2.05, 4.69) is 0 Å². The van der Waals surface area contributed by atoms with Crippen molar-refractivity contribution in [3.05, 3.63) is 64.4 Å². The van der Waals surface area contributed by atoms with Crippen LogP contribution in [0.15, 0.2) is 42.2 Å². The van der Waals surface area contributed by atoms with Crippen molar-refractivity contribution in [2.75, 3.05) is 13.1 Å².